The normalized spacial score (nSPS) is 19.5. The van der Waals surface area contributed by atoms with Gasteiger partial charge in [-0.15, -0.1) is 0 Å². The van der Waals surface area contributed by atoms with Crippen LogP contribution in [0.15, 0.2) is 24.3 Å². The van der Waals surface area contributed by atoms with Gasteiger partial charge in [0.05, 0.1) is 6.10 Å². The zero-order valence-corrected chi connectivity index (χ0v) is 10.5. The first kappa shape index (κ1) is 13.1. The number of nitrogens with two attached hydrogens (primary N) is 1. The second-order valence-electron chi connectivity index (χ2n) is 4.60. The SMILES string of the molecule is NCc1ccc(C(=O)NCC2CCCCO2)cc1. The van der Waals surface area contributed by atoms with Gasteiger partial charge in [0.25, 0.3) is 5.91 Å². The second-order valence-corrected chi connectivity index (χ2v) is 4.60. The van der Waals surface area contributed by atoms with E-state index in [1.54, 1.807) is 12.1 Å². The Morgan fingerprint density at radius 2 is 2.11 bits per heavy atom. The maximum absolute atomic E-state index is 11.9. The lowest BCUT2D eigenvalue weighted by Gasteiger charge is -2.22. The van der Waals surface area contributed by atoms with E-state index in [9.17, 15) is 4.79 Å². The molecule has 1 aliphatic heterocycles. The summed E-state index contributed by atoms with van der Waals surface area (Å²) in [6.45, 7) is 1.90. The molecule has 0 bridgehead atoms. The lowest BCUT2D eigenvalue weighted by Crippen LogP contribution is -2.35. The van der Waals surface area contributed by atoms with E-state index >= 15 is 0 Å². The van der Waals surface area contributed by atoms with Crippen molar-refractivity contribution in [1.82, 2.24) is 5.32 Å². The molecule has 4 nitrogen and oxygen atoms in total. The number of amides is 1. The van der Waals surface area contributed by atoms with E-state index in [2.05, 4.69) is 5.32 Å². The van der Waals surface area contributed by atoms with Crippen LogP contribution in [0.5, 0.6) is 0 Å². The molecule has 4 heteroatoms. The molecule has 1 saturated heterocycles. The third-order valence-electron chi connectivity index (χ3n) is 3.22. The van der Waals surface area contributed by atoms with Gasteiger partial charge in [0.2, 0.25) is 0 Å². The zero-order valence-electron chi connectivity index (χ0n) is 10.5. The van der Waals surface area contributed by atoms with Crippen molar-refractivity contribution in [2.75, 3.05) is 13.2 Å². The Bertz CT molecular complexity index is 383. The average Bonchev–Trinajstić information content (AvgIpc) is 2.46. The monoisotopic (exact) mass is 248 g/mol. The van der Waals surface area contributed by atoms with Crippen molar-refractivity contribution < 1.29 is 9.53 Å². The summed E-state index contributed by atoms with van der Waals surface area (Å²) in [6.07, 6.45) is 3.52. The molecule has 98 valence electrons. The molecule has 18 heavy (non-hydrogen) atoms. The van der Waals surface area contributed by atoms with Gasteiger partial charge < -0.3 is 15.8 Å². The Hall–Kier alpha value is -1.39. The smallest absolute Gasteiger partial charge is 0.251 e. The fraction of sp³-hybridized carbons (Fsp3) is 0.500. The molecule has 1 unspecified atom stereocenters. The Morgan fingerprint density at radius 3 is 2.72 bits per heavy atom. The second kappa shape index (κ2) is 6.52. The van der Waals surface area contributed by atoms with Crippen molar-refractivity contribution >= 4 is 5.91 Å². The molecule has 1 aliphatic rings. The van der Waals surface area contributed by atoms with Crippen LogP contribution in [-0.4, -0.2) is 25.2 Å². The van der Waals surface area contributed by atoms with E-state index < -0.39 is 0 Å². The van der Waals surface area contributed by atoms with Crippen LogP contribution in [0.2, 0.25) is 0 Å². The van der Waals surface area contributed by atoms with Crippen molar-refractivity contribution in [1.29, 1.82) is 0 Å². The number of rotatable bonds is 4. The molecule has 1 amide bonds. The van der Waals surface area contributed by atoms with Gasteiger partial charge in [0.15, 0.2) is 0 Å². The van der Waals surface area contributed by atoms with Crippen LogP contribution >= 0.6 is 0 Å². The van der Waals surface area contributed by atoms with Gasteiger partial charge in [-0.05, 0) is 37.0 Å². The molecule has 1 heterocycles. The van der Waals surface area contributed by atoms with E-state index in [0.717, 1.165) is 25.0 Å². The van der Waals surface area contributed by atoms with Gasteiger partial charge in [-0.3, -0.25) is 4.79 Å². The van der Waals surface area contributed by atoms with Gasteiger partial charge in [0, 0.05) is 25.3 Å². The number of carbonyl (C=O) groups is 1. The third-order valence-corrected chi connectivity index (χ3v) is 3.22. The van der Waals surface area contributed by atoms with Crippen molar-refractivity contribution in [2.45, 2.75) is 31.9 Å². The first-order chi connectivity index (χ1) is 8.79. The first-order valence-corrected chi connectivity index (χ1v) is 6.48. The predicted molar refractivity (Wildman–Crippen MR) is 70.3 cm³/mol. The highest BCUT2D eigenvalue weighted by Gasteiger charge is 2.15. The molecule has 1 fully saturated rings. The zero-order chi connectivity index (χ0) is 12.8. The minimum Gasteiger partial charge on any atom is -0.376 e. The van der Waals surface area contributed by atoms with Crippen LogP contribution < -0.4 is 11.1 Å². The highest BCUT2D eigenvalue weighted by molar-refractivity contribution is 5.94. The number of carbonyl (C=O) groups excluding carboxylic acids is 1. The lowest BCUT2D eigenvalue weighted by atomic mass is 10.1. The average molecular weight is 248 g/mol. The van der Waals surface area contributed by atoms with E-state index in [-0.39, 0.29) is 12.0 Å². The number of ether oxygens (including phenoxy) is 1. The Kier molecular flexibility index (Phi) is 4.73. The fourth-order valence-corrected chi connectivity index (χ4v) is 2.07. The van der Waals surface area contributed by atoms with Gasteiger partial charge in [-0.1, -0.05) is 12.1 Å². The molecule has 1 aromatic carbocycles. The van der Waals surface area contributed by atoms with Crippen LogP contribution in [0.4, 0.5) is 0 Å². The fourth-order valence-electron chi connectivity index (χ4n) is 2.07. The predicted octanol–water partition coefficient (Wildman–Crippen LogP) is 1.44. The molecule has 1 atom stereocenters. The minimum absolute atomic E-state index is 0.0484. The van der Waals surface area contributed by atoms with Gasteiger partial charge in [0.1, 0.15) is 0 Å². The van der Waals surface area contributed by atoms with Crippen molar-refractivity contribution in [2.24, 2.45) is 5.73 Å². The minimum atomic E-state index is -0.0484. The summed E-state index contributed by atoms with van der Waals surface area (Å²) in [5.41, 5.74) is 7.21. The first-order valence-electron chi connectivity index (χ1n) is 6.48. The quantitative estimate of drug-likeness (QED) is 0.847. The molecule has 2 rings (SSSR count). The third kappa shape index (κ3) is 3.55. The molecule has 0 aromatic heterocycles. The lowest BCUT2D eigenvalue weighted by molar-refractivity contribution is 0.0169. The molecule has 0 aliphatic carbocycles. The van der Waals surface area contributed by atoms with Crippen LogP contribution in [-0.2, 0) is 11.3 Å². The van der Waals surface area contributed by atoms with Crippen LogP contribution in [0.3, 0.4) is 0 Å². The summed E-state index contributed by atoms with van der Waals surface area (Å²) in [5, 5.41) is 2.91. The van der Waals surface area contributed by atoms with Crippen molar-refractivity contribution in [3.8, 4) is 0 Å². The number of hydrogen-bond donors (Lipinski definition) is 2. The maximum Gasteiger partial charge on any atom is 0.251 e. The summed E-state index contributed by atoms with van der Waals surface area (Å²) in [6, 6.07) is 7.37. The Labute approximate surface area is 108 Å². The summed E-state index contributed by atoms with van der Waals surface area (Å²) in [4.78, 5) is 11.9. The Balaban J connectivity index is 1.82. The van der Waals surface area contributed by atoms with Crippen LogP contribution in [0, 0.1) is 0 Å². The molecule has 0 radical (unpaired) electrons. The highest BCUT2D eigenvalue weighted by Crippen LogP contribution is 2.12. The summed E-state index contributed by atoms with van der Waals surface area (Å²) < 4.78 is 5.57. The molecule has 0 saturated carbocycles. The molecular weight excluding hydrogens is 228 g/mol. The van der Waals surface area contributed by atoms with Gasteiger partial charge in [-0.2, -0.15) is 0 Å². The number of benzene rings is 1. The molecule has 1 aromatic rings. The van der Waals surface area contributed by atoms with E-state index in [4.69, 9.17) is 10.5 Å². The number of nitrogens with one attached hydrogen (secondary N) is 1. The van der Waals surface area contributed by atoms with Crippen molar-refractivity contribution in [3.05, 3.63) is 35.4 Å². The summed E-state index contributed by atoms with van der Waals surface area (Å²) in [7, 11) is 0. The molecule has 3 N–H and O–H groups in total. The summed E-state index contributed by atoms with van der Waals surface area (Å²) in [5.74, 6) is -0.0484. The van der Waals surface area contributed by atoms with Crippen LogP contribution in [0.1, 0.15) is 35.2 Å². The van der Waals surface area contributed by atoms with Gasteiger partial charge >= 0.3 is 0 Å². The standard InChI is InChI=1S/C14H20N2O2/c15-9-11-4-6-12(7-5-11)14(17)16-10-13-3-1-2-8-18-13/h4-7,13H,1-3,8-10,15H2,(H,16,17). The van der Waals surface area contributed by atoms with Crippen molar-refractivity contribution in [3.63, 3.8) is 0 Å². The largest absolute Gasteiger partial charge is 0.376 e. The van der Waals surface area contributed by atoms with Crippen LogP contribution in [0.25, 0.3) is 0 Å². The summed E-state index contributed by atoms with van der Waals surface area (Å²) >= 11 is 0. The maximum atomic E-state index is 11.9. The van der Waals surface area contributed by atoms with Gasteiger partial charge in [-0.25, -0.2) is 0 Å². The highest BCUT2D eigenvalue weighted by atomic mass is 16.5. The van der Waals surface area contributed by atoms with E-state index in [1.807, 2.05) is 12.1 Å². The number of hydrogen-bond acceptors (Lipinski definition) is 3. The topological polar surface area (TPSA) is 64.4 Å². The van der Waals surface area contributed by atoms with E-state index in [1.165, 1.54) is 6.42 Å². The van der Waals surface area contributed by atoms with E-state index in [0.29, 0.717) is 18.7 Å². The Morgan fingerprint density at radius 1 is 1.33 bits per heavy atom. The molecule has 0 spiro atoms. The molecular formula is C14H20N2O2.